The van der Waals surface area contributed by atoms with E-state index in [-0.39, 0.29) is 18.1 Å². The van der Waals surface area contributed by atoms with Gasteiger partial charge in [-0.15, -0.1) is 0 Å². The highest BCUT2D eigenvalue weighted by Crippen LogP contribution is 2.41. The first-order chi connectivity index (χ1) is 6.29. The minimum absolute atomic E-state index is 0.137. The molecule has 0 saturated carbocycles. The molecule has 1 aliphatic heterocycles. The van der Waals surface area contributed by atoms with Gasteiger partial charge < -0.3 is 14.5 Å². The summed E-state index contributed by atoms with van der Waals surface area (Å²) >= 11 is 0. The largest absolute Gasteiger partial charge is 0.469 e. The van der Waals surface area contributed by atoms with Gasteiger partial charge in [-0.25, -0.2) is 4.57 Å². The molecule has 1 saturated heterocycles. The van der Waals surface area contributed by atoms with Gasteiger partial charge in [0.25, 0.3) is 0 Å². The Morgan fingerprint density at radius 2 is 2.07 bits per heavy atom. The minimum atomic E-state index is -4.40. The van der Waals surface area contributed by atoms with Crippen molar-refractivity contribution in [1.82, 2.24) is 0 Å². The summed E-state index contributed by atoms with van der Waals surface area (Å²) < 4.78 is 20.7. The zero-order chi connectivity index (χ0) is 10.9. The van der Waals surface area contributed by atoms with Crippen LogP contribution in [0.3, 0.4) is 0 Å². The summed E-state index contributed by atoms with van der Waals surface area (Å²) in [6.07, 6.45) is 0.241. The molecule has 1 aliphatic rings. The van der Waals surface area contributed by atoms with Gasteiger partial charge in [-0.3, -0.25) is 4.52 Å². The van der Waals surface area contributed by atoms with Crippen molar-refractivity contribution in [3.8, 4) is 0 Å². The molecule has 0 bridgehead atoms. The third kappa shape index (κ3) is 3.33. The molecule has 1 heterocycles. The van der Waals surface area contributed by atoms with Crippen molar-refractivity contribution in [2.75, 3.05) is 0 Å². The van der Waals surface area contributed by atoms with Gasteiger partial charge in [0, 0.05) is 0 Å². The molecule has 4 atom stereocenters. The highest BCUT2D eigenvalue weighted by molar-refractivity contribution is 7.46. The Labute approximate surface area is 83.7 Å². The molecule has 5 nitrogen and oxygen atoms in total. The Balaban J connectivity index is 2.53. The van der Waals surface area contributed by atoms with Crippen molar-refractivity contribution in [3.05, 3.63) is 0 Å². The summed E-state index contributed by atoms with van der Waals surface area (Å²) in [5.41, 5.74) is 0. The van der Waals surface area contributed by atoms with Crippen molar-refractivity contribution in [2.24, 2.45) is 5.92 Å². The van der Waals surface area contributed by atoms with Gasteiger partial charge in [0.05, 0.1) is 18.3 Å². The van der Waals surface area contributed by atoms with Gasteiger partial charge in [-0.05, 0) is 26.2 Å². The Morgan fingerprint density at radius 3 is 2.43 bits per heavy atom. The maximum atomic E-state index is 10.6. The van der Waals surface area contributed by atoms with Gasteiger partial charge in [-0.1, -0.05) is 6.92 Å². The average molecular weight is 224 g/mol. The molecule has 0 aromatic carbocycles. The minimum Gasteiger partial charge on any atom is -0.372 e. The third-order valence-corrected chi connectivity index (χ3v) is 3.03. The van der Waals surface area contributed by atoms with Crippen LogP contribution in [0.15, 0.2) is 0 Å². The van der Waals surface area contributed by atoms with E-state index in [1.54, 1.807) is 6.92 Å². The predicted octanol–water partition coefficient (Wildman–Crippen LogP) is 1.30. The quantitative estimate of drug-likeness (QED) is 0.706. The van der Waals surface area contributed by atoms with E-state index in [1.165, 1.54) is 0 Å². The molecule has 0 amide bonds. The molecule has 6 heteroatoms. The Kier molecular flexibility index (Phi) is 3.72. The van der Waals surface area contributed by atoms with Gasteiger partial charge in [0.1, 0.15) is 0 Å². The van der Waals surface area contributed by atoms with Gasteiger partial charge in [0.15, 0.2) is 0 Å². The molecular formula is C8H17O5P. The van der Waals surface area contributed by atoms with Crippen LogP contribution in [0.1, 0.15) is 27.2 Å². The van der Waals surface area contributed by atoms with Crippen LogP contribution < -0.4 is 0 Å². The Morgan fingerprint density at radius 1 is 1.50 bits per heavy atom. The van der Waals surface area contributed by atoms with Crippen LogP contribution in [0.25, 0.3) is 0 Å². The van der Waals surface area contributed by atoms with E-state index in [0.717, 1.165) is 6.42 Å². The lowest BCUT2D eigenvalue weighted by atomic mass is 9.99. The number of hydrogen-bond acceptors (Lipinski definition) is 3. The first-order valence-electron chi connectivity index (χ1n) is 4.69. The van der Waals surface area contributed by atoms with Crippen LogP contribution in [-0.2, 0) is 13.8 Å². The summed E-state index contributed by atoms with van der Waals surface area (Å²) in [4.78, 5) is 17.3. The standard InChI is InChI=1S/C8H17O5P/c1-5-4-6(2)12-8(5)7(3)13-14(9,10)11/h5-8H,4H2,1-3H3,(H2,9,10,11)/t5-,6-,7+,8-/m0/s1. The van der Waals surface area contributed by atoms with E-state index >= 15 is 0 Å². The van der Waals surface area contributed by atoms with Crippen molar-refractivity contribution in [3.63, 3.8) is 0 Å². The van der Waals surface area contributed by atoms with E-state index in [2.05, 4.69) is 4.52 Å². The second kappa shape index (κ2) is 4.29. The highest BCUT2D eigenvalue weighted by atomic mass is 31.2. The fourth-order valence-electron chi connectivity index (χ4n) is 1.97. The van der Waals surface area contributed by atoms with Crippen molar-refractivity contribution < 1.29 is 23.6 Å². The SMILES string of the molecule is C[C@H]1C[C@H](C)[C@@H]([C@@H](C)OP(=O)(O)O)O1. The van der Waals surface area contributed by atoms with Gasteiger partial charge in [-0.2, -0.15) is 0 Å². The smallest absolute Gasteiger partial charge is 0.372 e. The summed E-state index contributed by atoms with van der Waals surface area (Å²) in [5, 5.41) is 0. The molecule has 1 rings (SSSR count). The monoisotopic (exact) mass is 224 g/mol. The summed E-state index contributed by atoms with van der Waals surface area (Å²) in [6, 6.07) is 0. The Hall–Kier alpha value is 0.0700. The number of rotatable bonds is 3. The maximum Gasteiger partial charge on any atom is 0.469 e. The van der Waals surface area contributed by atoms with Gasteiger partial charge >= 0.3 is 7.82 Å². The topological polar surface area (TPSA) is 76.0 Å². The molecule has 0 radical (unpaired) electrons. The predicted molar refractivity (Wildman–Crippen MR) is 50.7 cm³/mol. The molecule has 2 N–H and O–H groups in total. The molecule has 1 fully saturated rings. The van der Waals surface area contributed by atoms with Crippen LogP contribution in [-0.4, -0.2) is 28.1 Å². The van der Waals surface area contributed by atoms with Crippen molar-refractivity contribution in [2.45, 2.75) is 45.5 Å². The Bertz CT molecular complexity index is 238. The zero-order valence-electron chi connectivity index (χ0n) is 8.58. The van der Waals surface area contributed by atoms with E-state index in [0.29, 0.717) is 0 Å². The molecule has 0 unspecified atom stereocenters. The first kappa shape index (κ1) is 12.1. The van der Waals surface area contributed by atoms with Gasteiger partial charge in [0.2, 0.25) is 0 Å². The van der Waals surface area contributed by atoms with E-state index in [4.69, 9.17) is 14.5 Å². The third-order valence-electron chi connectivity index (χ3n) is 2.42. The van der Waals surface area contributed by atoms with E-state index in [1.807, 2.05) is 13.8 Å². The molecule has 14 heavy (non-hydrogen) atoms. The maximum absolute atomic E-state index is 10.6. The first-order valence-corrected chi connectivity index (χ1v) is 6.22. The molecule has 0 aromatic rings. The lowest BCUT2D eigenvalue weighted by molar-refractivity contribution is -0.0308. The van der Waals surface area contributed by atoms with Crippen LogP contribution in [0.2, 0.25) is 0 Å². The fraction of sp³-hybridized carbons (Fsp3) is 1.00. The van der Waals surface area contributed by atoms with E-state index in [9.17, 15) is 4.57 Å². The van der Waals surface area contributed by atoms with Crippen LogP contribution in [0.5, 0.6) is 0 Å². The summed E-state index contributed by atoms with van der Waals surface area (Å²) in [5.74, 6) is 0.270. The second-order valence-electron chi connectivity index (χ2n) is 3.93. The van der Waals surface area contributed by atoms with Crippen LogP contribution in [0, 0.1) is 5.92 Å². The van der Waals surface area contributed by atoms with Crippen LogP contribution >= 0.6 is 7.82 Å². The zero-order valence-corrected chi connectivity index (χ0v) is 9.48. The number of ether oxygens (including phenoxy) is 1. The van der Waals surface area contributed by atoms with Crippen molar-refractivity contribution >= 4 is 7.82 Å². The second-order valence-corrected chi connectivity index (χ2v) is 5.12. The lowest BCUT2D eigenvalue weighted by Crippen LogP contribution is -2.29. The molecule has 0 aromatic heterocycles. The van der Waals surface area contributed by atoms with Crippen molar-refractivity contribution in [1.29, 1.82) is 0 Å². The number of hydrogen-bond donors (Lipinski definition) is 2. The average Bonchev–Trinajstić information content (AvgIpc) is 2.26. The molecule has 0 spiro atoms. The molecular weight excluding hydrogens is 207 g/mol. The van der Waals surface area contributed by atoms with E-state index < -0.39 is 13.9 Å². The number of phosphoric acid groups is 1. The summed E-state index contributed by atoms with van der Waals surface area (Å²) in [6.45, 7) is 5.56. The molecule has 0 aliphatic carbocycles. The lowest BCUT2D eigenvalue weighted by Gasteiger charge is -2.23. The van der Waals surface area contributed by atoms with Crippen LogP contribution in [0.4, 0.5) is 0 Å². The normalized spacial score (nSPS) is 35.9. The highest BCUT2D eigenvalue weighted by Gasteiger charge is 2.36. The molecule has 84 valence electrons. The summed E-state index contributed by atoms with van der Waals surface area (Å²) in [7, 11) is -4.40. The number of phosphoric ester groups is 1. The fourth-order valence-corrected chi connectivity index (χ4v) is 2.52.